The van der Waals surface area contributed by atoms with Crippen LogP contribution in [0.3, 0.4) is 0 Å². The summed E-state index contributed by atoms with van der Waals surface area (Å²) in [5, 5.41) is 7.89. The second-order valence-electron chi connectivity index (χ2n) is 5.00. The summed E-state index contributed by atoms with van der Waals surface area (Å²) in [6.45, 7) is 0.669. The van der Waals surface area contributed by atoms with Gasteiger partial charge in [-0.2, -0.15) is 30.9 Å². The van der Waals surface area contributed by atoms with Gasteiger partial charge in [-0.25, -0.2) is 9.93 Å². The van der Waals surface area contributed by atoms with Gasteiger partial charge in [-0.1, -0.05) is 5.69 Å². The number of amides is 2. The topological polar surface area (TPSA) is 95.7 Å². The van der Waals surface area contributed by atoms with Crippen LogP contribution in [0.5, 0.6) is 0 Å². The van der Waals surface area contributed by atoms with Crippen LogP contribution in [0.2, 0.25) is 0 Å². The molecule has 0 unspecified atom stereocenters. The van der Waals surface area contributed by atoms with Crippen LogP contribution in [0.15, 0.2) is 24.3 Å². The number of piperidine rings is 1. The van der Waals surface area contributed by atoms with Crippen molar-refractivity contribution in [3.05, 3.63) is 30.3 Å². The molecule has 0 spiro atoms. The van der Waals surface area contributed by atoms with Gasteiger partial charge in [0.05, 0.1) is 0 Å². The minimum absolute atomic E-state index is 0. The quantitative estimate of drug-likeness (QED) is 0.728. The zero-order chi connectivity index (χ0) is 15.5. The molecule has 7 nitrogen and oxygen atoms in total. The summed E-state index contributed by atoms with van der Waals surface area (Å²) in [6, 6.07) is 9.63. The van der Waals surface area contributed by atoms with Crippen LogP contribution >= 0.6 is 0 Å². The maximum atomic E-state index is 12.1. The normalized spacial score (nSPS) is 16.6. The Labute approximate surface area is 156 Å². The van der Waals surface area contributed by atoms with Crippen molar-refractivity contribution in [2.24, 2.45) is 5.14 Å². The van der Waals surface area contributed by atoms with Crippen LogP contribution in [0.25, 0.3) is 0 Å². The number of benzene rings is 1. The summed E-state index contributed by atoms with van der Waals surface area (Å²) in [4.78, 5) is 13.7. The van der Waals surface area contributed by atoms with Crippen molar-refractivity contribution >= 4 is 21.9 Å². The molecule has 0 atom stereocenters. The molecule has 2 rings (SSSR count). The third kappa shape index (κ3) is 5.28. The molecule has 1 aliphatic rings. The van der Waals surface area contributed by atoms with E-state index < -0.39 is 10.2 Å². The molecule has 9 heteroatoms. The number of nitrogens with zero attached hydrogens (tertiary/aromatic N) is 2. The predicted molar refractivity (Wildman–Crippen MR) is 79.8 cm³/mol. The van der Waals surface area contributed by atoms with Crippen LogP contribution in [-0.4, -0.2) is 49.8 Å². The maximum Gasteiger partial charge on any atom is 0.320 e. The van der Waals surface area contributed by atoms with Crippen LogP contribution in [0.4, 0.5) is 10.5 Å². The van der Waals surface area contributed by atoms with E-state index in [1.165, 1.54) is 4.31 Å². The monoisotopic (exact) mass is 400 g/mol. The minimum Gasteiger partial charge on any atom is -0.331 e. The average molecular weight is 400 g/mol. The molecule has 0 bridgehead atoms. The van der Waals surface area contributed by atoms with Crippen molar-refractivity contribution in [3.63, 3.8) is 0 Å². The zero-order valence-corrected chi connectivity index (χ0v) is 16.1. The number of anilines is 1. The molecular weight excluding hydrogens is 381 g/mol. The average Bonchev–Trinajstić information content (AvgIpc) is 2.46. The van der Waals surface area contributed by atoms with E-state index in [1.54, 1.807) is 36.2 Å². The molecule has 1 saturated heterocycles. The van der Waals surface area contributed by atoms with Gasteiger partial charge in [-0.3, -0.25) is 0 Å². The summed E-state index contributed by atoms with van der Waals surface area (Å²) >= 11 is 0. The standard InChI is InChI=1S/C13H19N4O3S.Y/c1-16(13(18)15-11-5-3-2-4-6-11)12-7-9-17(10-8-12)21(14,19)20;/h3-6,12H,7-10H2,1H3,(H,15,18)(H2,14,19,20);/q-1;. The Morgan fingerprint density at radius 3 is 2.41 bits per heavy atom. The summed E-state index contributed by atoms with van der Waals surface area (Å²) in [5.74, 6) is 0. The number of nitrogens with one attached hydrogen (secondary N) is 1. The Morgan fingerprint density at radius 2 is 1.91 bits per heavy atom. The minimum atomic E-state index is -3.63. The number of hydrogen-bond acceptors (Lipinski definition) is 3. The zero-order valence-electron chi connectivity index (χ0n) is 12.4. The van der Waals surface area contributed by atoms with Gasteiger partial charge < -0.3 is 10.2 Å². The second kappa shape index (κ2) is 8.35. The summed E-state index contributed by atoms with van der Waals surface area (Å²) in [7, 11) is -1.92. The molecule has 2 amide bonds. The van der Waals surface area contributed by atoms with Crippen molar-refractivity contribution in [3.8, 4) is 0 Å². The van der Waals surface area contributed by atoms with Crippen molar-refractivity contribution < 1.29 is 45.9 Å². The third-order valence-electron chi connectivity index (χ3n) is 3.62. The molecule has 1 aliphatic heterocycles. The molecule has 1 heterocycles. The molecule has 3 N–H and O–H groups in total. The largest absolute Gasteiger partial charge is 0.331 e. The first-order valence-electron chi connectivity index (χ1n) is 6.66. The van der Waals surface area contributed by atoms with Gasteiger partial charge in [0.1, 0.15) is 0 Å². The number of rotatable bonds is 3. The van der Waals surface area contributed by atoms with Gasteiger partial charge in [0, 0.05) is 58.9 Å². The van der Waals surface area contributed by atoms with Gasteiger partial charge in [0.2, 0.25) is 0 Å². The first-order chi connectivity index (χ1) is 9.88. The Balaban J connectivity index is 0.00000242. The predicted octanol–water partition coefficient (Wildman–Crippen LogP) is 0.616. The van der Waals surface area contributed by atoms with Gasteiger partial charge >= 0.3 is 6.03 Å². The Hall–Kier alpha value is -0.536. The van der Waals surface area contributed by atoms with Crippen LogP contribution < -0.4 is 10.5 Å². The van der Waals surface area contributed by atoms with Crippen molar-refractivity contribution in [2.75, 3.05) is 25.5 Å². The Bertz CT molecular complexity index is 589. The fraction of sp³-hybridized carbons (Fsp3) is 0.462. The van der Waals surface area contributed by atoms with E-state index in [0.717, 1.165) is 0 Å². The molecule has 0 saturated carbocycles. The van der Waals surface area contributed by atoms with Crippen molar-refractivity contribution in [1.29, 1.82) is 0 Å². The van der Waals surface area contributed by atoms with Gasteiger partial charge in [-0.05, 0) is 12.8 Å². The molecule has 1 radical (unpaired) electrons. The van der Waals surface area contributed by atoms with E-state index in [4.69, 9.17) is 5.14 Å². The van der Waals surface area contributed by atoms with Gasteiger partial charge in [0.25, 0.3) is 10.2 Å². The maximum absolute atomic E-state index is 12.1. The van der Waals surface area contributed by atoms with Crippen LogP contribution in [-0.2, 0) is 42.9 Å². The fourth-order valence-corrected chi connectivity index (χ4v) is 3.05. The summed E-state index contributed by atoms with van der Waals surface area (Å²) in [5.41, 5.74) is 0.701. The van der Waals surface area contributed by atoms with E-state index in [0.29, 0.717) is 31.6 Å². The molecule has 0 aliphatic carbocycles. The van der Waals surface area contributed by atoms with E-state index in [2.05, 4.69) is 11.4 Å². The number of carbonyl (C=O) groups is 1. The number of urea groups is 1. The van der Waals surface area contributed by atoms with Gasteiger partial charge in [0.15, 0.2) is 0 Å². The van der Waals surface area contributed by atoms with E-state index in [9.17, 15) is 13.2 Å². The smallest absolute Gasteiger partial charge is 0.320 e. The van der Waals surface area contributed by atoms with E-state index in [-0.39, 0.29) is 44.8 Å². The molecule has 1 fully saturated rings. The van der Waals surface area contributed by atoms with Crippen LogP contribution in [0.1, 0.15) is 12.8 Å². The van der Waals surface area contributed by atoms with Gasteiger partial charge in [-0.15, -0.1) is 12.1 Å². The van der Waals surface area contributed by atoms with Crippen LogP contribution in [0, 0.1) is 6.07 Å². The number of nitrogens with two attached hydrogens (primary N) is 1. The van der Waals surface area contributed by atoms with E-state index >= 15 is 0 Å². The Morgan fingerprint density at radius 1 is 1.36 bits per heavy atom. The van der Waals surface area contributed by atoms with Crippen molar-refractivity contribution in [1.82, 2.24) is 9.21 Å². The molecular formula is C13H19N4O3SY-. The first-order valence-corrected chi connectivity index (χ1v) is 8.16. The molecule has 0 aromatic heterocycles. The molecule has 22 heavy (non-hydrogen) atoms. The number of carbonyl (C=O) groups excluding carboxylic acids is 1. The van der Waals surface area contributed by atoms with E-state index in [1.807, 2.05) is 0 Å². The summed E-state index contributed by atoms with van der Waals surface area (Å²) in [6.07, 6.45) is 1.14. The SMILES string of the molecule is CN(C(=O)Nc1cc[c-]cc1)C1CCN(S(N)(=O)=O)CC1.[Y]. The molecule has 119 valence electrons. The van der Waals surface area contributed by atoms with Crippen molar-refractivity contribution in [2.45, 2.75) is 18.9 Å². The second-order valence-corrected chi connectivity index (χ2v) is 6.55. The third-order valence-corrected chi connectivity index (χ3v) is 4.71. The number of hydrogen-bond donors (Lipinski definition) is 2. The molecule has 1 aromatic carbocycles. The summed E-state index contributed by atoms with van der Waals surface area (Å²) < 4.78 is 23.7. The first kappa shape index (κ1) is 19.5. The Kier molecular flexibility index (Phi) is 7.41. The fourth-order valence-electron chi connectivity index (χ4n) is 2.33. The molecule has 1 aromatic rings.